The van der Waals surface area contributed by atoms with Gasteiger partial charge in [-0.3, -0.25) is 13.7 Å². The highest BCUT2D eigenvalue weighted by Gasteiger charge is 2.33. The predicted octanol–water partition coefficient (Wildman–Crippen LogP) is 0.159. The van der Waals surface area contributed by atoms with E-state index >= 15 is 0 Å². The lowest BCUT2D eigenvalue weighted by Gasteiger charge is -2.14. The minimum atomic E-state index is -4.68. The third-order valence-electron chi connectivity index (χ3n) is 1.02. The lowest BCUT2D eigenvalue weighted by Crippen LogP contribution is -1.99. The van der Waals surface area contributed by atoms with E-state index in [0.29, 0.717) is 0 Å². The lowest BCUT2D eigenvalue weighted by atomic mass is 11.7. The molecule has 0 heterocycles. The second kappa shape index (κ2) is 4.99. The molecular weight excluding hydrogens is 271 g/mol. The first kappa shape index (κ1) is 15.2. The van der Waals surface area contributed by atoms with Crippen molar-refractivity contribution in [3.63, 3.8) is 0 Å². The standard InChI is InChI=1S/C3H10NO8P3/c4-1-13(5,3-15(9,10)11)12-2-14(6,7)8/h1,4H,2-3H2,(H2,6,7,8)(H2,9,10,11). The van der Waals surface area contributed by atoms with E-state index in [1.54, 1.807) is 0 Å². The van der Waals surface area contributed by atoms with Crippen molar-refractivity contribution in [3.8, 4) is 0 Å². The first-order valence-electron chi connectivity index (χ1n) is 3.31. The zero-order valence-corrected chi connectivity index (χ0v) is 9.94. The minimum absolute atomic E-state index is 0.155. The van der Waals surface area contributed by atoms with Gasteiger partial charge in [-0.2, -0.15) is 0 Å². The molecule has 0 rings (SSSR count). The van der Waals surface area contributed by atoms with E-state index < -0.39 is 34.8 Å². The summed E-state index contributed by atoms with van der Waals surface area (Å²) in [7, 11) is -13.4. The van der Waals surface area contributed by atoms with Crippen molar-refractivity contribution in [1.82, 2.24) is 0 Å². The predicted molar refractivity (Wildman–Crippen MR) is 51.3 cm³/mol. The molecular formula is C3H10NO8P3. The molecule has 0 saturated heterocycles. The van der Waals surface area contributed by atoms with E-state index in [0.717, 1.165) is 0 Å². The van der Waals surface area contributed by atoms with Crippen molar-refractivity contribution >= 4 is 28.5 Å². The first-order chi connectivity index (χ1) is 6.47. The van der Waals surface area contributed by atoms with E-state index in [4.69, 9.17) is 25.0 Å². The Bertz CT molecular complexity index is 365. The van der Waals surface area contributed by atoms with E-state index in [1.165, 1.54) is 0 Å². The van der Waals surface area contributed by atoms with Crippen LogP contribution in [-0.4, -0.2) is 37.8 Å². The fourth-order valence-electron chi connectivity index (χ4n) is 0.549. The Morgan fingerprint density at radius 1 is 1.07 bits per heavy atom. The van der Waals surface area contributed by atoms with Crippen molar-refractivity contribution in [2.45, 2.75) is 0 Å². The van der Waals surface area contributed by atoms with Crippen LogP contribution in [0.2, 0.25) is 0 Å². The quantitative estimate of drug-likeness (QED) is 0.339. The minimum Gasteiger partial charge on any atom is -0.324 e. The van der Waals surface area contributed by atoms with E-state index in [-0.39, 0.29) is 5.96 Å². The van der Waals surface area contributed by atoms with Gasteiger partial charge in [0.15, 0.2) is 6.35 Å². The summed E-state index contributed by atoms with van der Waals surface area (Å²) in [4.78, 5) is 33.7. The summed E-state index contributed by atoms with van der Waals surface area (Å²) in [6.45, 7) is 0. The molecule has 9 nitrogen and oxygen atoms in total. The number of hydrogen-bond donors (Lipinski definition) is 5. The second-order valence-electron chi connectivity index (χ2n) is 2.58. The number of rotatable bonds is 6. The fourth-order valence-corrected chi connectivity index (χ4v) is 4.71. The normalized spacial score (nSPS) is 17.1. The molecule has 0 aliphatic carbocycles. The molecule has 1 atom stereocenters. The third-order valence-corrected chi connectivity index (χ3v) is 5.70. The van der Waals surface area contributed by atoms with Crippen LogP contribution < -0.4 is 0 Å². The largest absolute Gasteiger partial charge is 0.351 e. The molecule has 0 aromatic rings. The van der Waals surface area contributed by atoms with Gasteiger partial charge < -0.3 is 29.5 Å². The van der Waals surface area contributed by atoms with E-state index in [2.05, 4.69) is 4.52 Å². The van der Waals surface area contributed by atoms with Crippen molar-refractivity contribution in [3.05, 3.63) is 0 Å². The van der Waals surface area contributed by atoms with Crippen LogP contribution in [0, 0.1) is 5.41 Å². The monoisotopic (exact) mass is 281 g/mol. The molecule has 0 spiro atoms. The molecule has 0 bridgehead atoms. The van der Waals surface area contributed by atoms with Crippen LogP contribution in [0.4, 0.5) is 0 Å². The summed E-state index contributed by atoms with van der Waals surface area (Å²) in [5, 5.41) is 6.64. The van der Waals surface area contributed by atoms with Gasteiger partial charge in [0.05, 0.1) is 5.96 Å². The molecule has 0 saturated carbocycles. The lowest BCUT2D eigenvalue weighted by molar-refractivity contribution is 0.302. The van der Waals surface area contributed by atoms with Crippen molar-refractivity contribution < 1.29 is 37.8 Å². The SMILES string of the molecule is N=CP(=O)(CP(=O)(O)O)OCP(=O)(O)O. The molecule has 0 aliphatic rings. The molecule has 0 aromatic heterocycles. The Balaban J connectivity index is 4.61. The van der Waals surface area contributed by atoms with Crippen LogP contribution in [-0.2, 0) is 18.2 Å². The summed E-state index contributed by atoms with van der Waals surface area (Å²) in [6.07, 6.45) is -1.25. The van der Waals surface area contributed by atoms with Crippen LogP contribution in [0.3, 0.4) is 0 Å². The highest BCUT2D eigenvalue weighted by molar-refractivity contribution is 7.82. The highest BCUT2D eigenvalue weighted by atomic mass is 31.2. The Morgan fingerprint density at radius 2 is 1.53 bits per heavy atom. The number of hydrogen-bond acceptors (Lipinski definition) is 5. The Labute approximate surface area is 84.7 Å². The highest BCUT2D eigenvalue weighted by Crippen LogP contribution is 2.58. The van der Waals surface area contributed by atoms with Crippen molar-refractivity contribution in [2.24, 2.45) is 0 Å². The molecule has 90 valence electrons. The van der Waals surface area contributed by atoms with Crippen LogP contribution >= 0.6 is 22.6 Å². The maximum absolute atomic E-state index is 11.3. The molecule has 0 fully saturated rings. The van der Waals surface area contributed by atoms with Crippen molar-refractivity contribution in [2.75, 3.05) is 12.3 Å². The van der Waals surface area contributed by atoms with E-state index in [1.807, 2.05) is 0 Å². The Morgan fingerprint density at radius 3 is 1.80 bits per heavy atom. The average molecular weight is 281 g/mol. The fraction of sp³-hybridized carbons (Fsp3) is 0.667. The summed E-state index contributed by atoms with van der Waals surface area (Å²) in [5.41, 5.74) is 0. The van der Waals surface area contributed by atoms with Crippen LogP contribution in [0.25, 0.3) is 0 Å². The van der Waals surface area contributed by atoms with Crippen LogP contribution in [0.15, 0.2) is 0 Å². The Hall–Kier alpha value is 0.160. The second-order valence-corrected chi connectivity index (χ2v) is 8.60. The molecule has 12 heteroatoms. The molecule has 0 radical (unpaired) electrons. The van der Waals surface area contributed by atoms with Crippen LogP contribution in [0.5, 0.6) is 0 Å². The number of nitrogens with one attached hydrogen (secondary N) is 1. The molecule has 5 N–H and O–H groups in total. The topological polar surface area (TPSA) is 165 Å². The summed E-state index contributed by atoms with van der Waals surface area (Å²) in [6, 6.07) is 0. The molecule has 0 amide bonds. The summed E-state index contributed by atoms with van der Waals surface area (Å²) < 4.78 is 36.3. The van der Waals surface area contributed by atoms with Gasteiger partial charge in [0.25, 0.3) is 7.37 Å². The summed E-state index contributed by atoms with van der Waals surface area (Å²) >= 11 is 0. The van der Waals surface area contributed by atoms with Gasteiger partial charge in [0, 0.05) is 0 Å². The van der Waals surface area contributed by atoms with Gasteiger partial charge in [-0.15, -0.1) is 0 Å². The van der Waals surface area contributed by atoms with Crippen LogP contribution in [0.1, 0.15) is 0 Å². The van der Waals surface area contributed by atoms with Crippen molar-refractivity contribution in [1.29, 1.82) is 5.41 Å². The maximum atomic E-state index is 11.3. The maximum Gasteiger partial charge on any atom is 0.351 e. The molecule has 0 aliphatic heterocycles. The zero-order valence-electron chi connectivity index (χ0n) is 7.26. The molecule has 1 unspecified atom stereocenters. The molecule has 0 aromatic carbocycles. The van der Waals surface area contributed by atoms with Gasteiger partial charge in [-0.1, -0.05) is 0 Å². The molecule has 15 heavy (non-hydrogen) atoms. The third kappa shape index (κ3) is 8.02. The smallest absolute Gasteiger partial charge is 0.324 e. The first-order valence-corrected chi connectivity index (χ1v) is 8.79. The Kier molecular flexibility index (Phi) is 5.05. The van der Waals surface area contributed by atoms with Gasteiger partial charge in [0.1, 0.15) is 5.90 Å². The zero-order chi connectivity index (χ0) is 12.3. The van der Waals surface area contributed by atoms with Gasteiger partial charge in [0.2, 0.25) is 0 Å². The van der Waals surface area contributed by atoms with Gasteiger partial charge in [-0.25, -0.2) is 0 Å². The van der Waals surface area contributed by atoms with E-state index in [9.17, 15) is 13.7 Å². The average Bonchev–Trinajstić information content (AvgIpc) is 1.97. The van der Waals surface area contributed by atoms with Gasteiger partial charge >= 0.3 is 15.2 Å². The van der Waals surface area contributed by atoms with Gasteiger partial charge in [-0.05, 0) is 0 Å². The summed E-state index contributed by atoms with van der Waals surface area (Å²) in [5.74, 6) is -1.09.